The first kappa shape index (κ1) is 17.9. The van der Waals surface area contributed by atoms with Crippen LogP contribution in [0.5, 0.6) is 5.75 Å². The Bertz CT molecular complexity index is 589. The minimum absolute atomic E-state index is 0.111. The van der Waals surface area contributed by atoms with Gasteiger partial charge in [-0.25, -0.2) is 0 Å². The number of thioether (sulfide) groups is 1. The molecule has 1 heterocycles. The Morgan fingerprint density at radius 3 is 2.83 bits per heavy atom. The van der Waals surface area contributed by atoms with Crippen LogP contribution >= 0.6 is 23.4 Å². The molecule has 1 atom stereocenters. The third-order valence-electron chi connectivity index (χ3n) is 3.16. The van der Waals surface area contributed by atoms with Crippen LogP contribution in [0, 0.1) is 0 Å². The fourth-order valence-electron chi connectivity index (χ4n) is 2.14. The van der Waals surface area contributed by atoms with Crippen LogP contribution in [0.1, 0.15) is 20.8 Å². The van der Waals surface area contributed by atoms with E-state index in [1.165, 1.54) is 0 Å². The molecule has 0 aromatic heterocycles. The number of rotatable bonds is 4. The zero-order chi connectivity index (χ0) is 17.0. The lowest BCUT2D eigenvalue weighted by Gasteiger charge is -2.27. The summed E-state index contributed by atoms with van der Waals surface area (Å²) in [6.07, 6.45) is 0. The van der Waals surface area contributed by atoms with E-state index in [9.17, 15) is 9.59 Å². The molecule has 1 aromatic carbocycles. The van der Waals surface area contributed by atoms with Gasteiger partial charge in [-0.05, 0) is 39.0 Å². The van der Waals surface area contributed by atoms with Crippen LogP contribution in [0.25, 0.3) is 0 Å². The van der Waals surface area contributed by atoms with Crippen molar-refractivity contribution in [2.75, 3.05) is 18.2 Å². The summed E-state index contributed by atoms with van der Waals surface area (Å²) >= 11 is 7.45. The van der Waals surface area contributed by atoms with Crippen molar-refractivity contribution in [3.63, 3.8) is 0 Å². The summed E-state index contributed by atoms with van der Waals surface area (Å²) in [6.45, 7) is 5.64. The summed E-state index contributed by atoms with van der Waals surface area (Å²) in [5.74, 6) is 1.31. The Morgan fingerprint density at radius 1 is 1.43 bits per heavy atom. The van der Waals surface area contributed by atoms with Crippen molar-refractivity contribution in [2.24, 2.45) is 0 Å². The molecule has 126 valence electrons. The molecule has 0 bridgehead atoms. The van der Waals surface area contributed by atoms with Crippen molar-refractivity contribution < 1.29 is 14.3 Å². The maximum atomic E-state index is 12.4. The first-order chi connectivity index (χ1) is 10.8. The molecular formula is C16H21ClN2O3S. The van der Waals surface area contributed by atoms with Gasteiger partial charge in [-0.2, -0.15) is 0 Å². The number of hydrogen-bond donors (Lipinski definition) is 1. The lowest BCUT2D eigenvalue weighted by Crippen LogP contribution is -2.53. The van der Waals surface area contributed by atoms with Gasteiger partial charge in [-0.1, -0.05) is 17.7 Å². The van der Waals surface area contributed by atoms with Crippen molar-refractivity contribution in [2.45, 2.75) is 32.4 Å². The quantitative estimate of drug-likeness (QED) is 0.900. The van der Waals surface area contributed by atoms with E-state index in [0.29, 0.717) is 22.4 Å². The first-order valence-corrected chi connectivity index (χ1v) is 8.87. The number of benzene rings is 1. The number of halogens is 1. The lowest BCUT2D eigenvalue weighted by atomic mass is 10.1. The Labute approximate surface area is 145 Å². The van der Waals surface area contributed by atoms with Crippen molar-refractivity contribution in [1.82, 2.24) is 10.2 Å². The van der Waals surface area contributed by atoms with Gasteiger partial charge in [0.05, 0.1) is 5.88 Å². The van der Waals surface area contributed by atoms with E-state index >= 15 is 0 Å². The van der Waals surface area contributed by atoms with E-state index in [4.69, 9.17) is 16.3 Å². The van der Waals surface area contributed by atoms with Crippen LogP contribution in [0.2, 0.25) is 5.02 Å². The summed E-state index contributed by atoms with van der Waals surface area (Å²) in [6, 6.07) is 6.43. The standard InChI is InChI=1S/C16H21ClN2O3S/c1-16(2,3)18-15(21)13-9-23-10-19(13)14(20)8-22-12-6-4-5-11(17)7-12/h4-7,13H,8-10H2,1-3H3,(H,18,21). The lowest BCUT2D eigenvalue weighted by molar-refractivity contribution is -0.140. The second-order valence-corrected chi connectivity index (χ2v) is 7.80. The number of ether oxygens (including phenoxy) is 1. The molecule has 1 aromatic rings. The molecule has 1 saturated heterocycles. The van der Waals surface area contributed by atoms with Crippen LogP contribution in [0.3, 0.4) is 0 Å². The predicted octanol–water partition coefficient (Wildman–Crippen LogP) is 2.54. The molecule has 2 rings (SSSR count). The zero-order valence-corrected chi connectivity index (χ0v) is 15.0. The van der Waals surface area contributed by atoms with Crippen LogP contribution < -0.4 is 10.1 Å². The average Bonchev–Trinajstić information content (AvgIpc) is 2.92. The van der Waals surface area contributed by atoms with Crippen LogP contribution in [0.4, 0.5) is 0 Å². The van der Waals surface area contributed by atoms with Gasteiger partial charge in [-0.3, -0.25) is 9.59 Å². The molecule has 23 heavy (non-hydrogen) atoms. The van der Waals surface area contributed by atoms with E-state index in [1.54, 1.807) is 40.9 Å². The number of carbonyl (C=O) groups excluding carboxylic acids is 2. The Balaban J connectivity index is 1.94. The minimum atomic E-state index is -0.449. The summed E-state index contributed by atoms with van der Waals surface area (Å²) in [4.78, 5) is 26.2. The van der Waals surface area contributed by atoms with E-state index in [1.807, 2.05) is 20.8 Å². The van der Waals surface area contributed by atoms with Crippen molar-refractivity contribution in [3.8, 4) is 5.75 Å². The molecule has 1 fully saturated rings. The Kier molecular flexibility index (Phi) is 5.81. The zero-order valence-electron chi connectivity index (χ0n) is 13.5. The van der Waals surface area contributed by atoms with Crippen LogP contribution in [-0.2, 0) is 9.59 Å². The van der Waals surface area contributed by atoms with Crippen molar-refractivity contribution in [1.29, 1.82) is 0 Å². The molecule has 5 nitrogen and oxygen atoms in total. The molecular weight excluding hydrogens is 336 g/mol. The molecule has 0 aliphatic carbocycles. The number of amides is 2. The number of nitrogens with zero attached hydrogens (tertiary/aromatic N) is 1. The van der Waals surface area contributed by atoms with E-state index < -0.39 is 6.04 Å². The maximum absolute atomic E-state index is 12.4. The smallest absolute Gasteiger partial charge is 0.261 e. The maximum Gasteiger partial charge on any atom is 0.261 e. The third-order valence-corrected chi connectivity index (χ3v) is 4.41. The summed E-state index contributed by atoms with van der Waals surface area (Å²) in [5, 5.41) is 3.47. The largest absolute Gasteiger partial charge is 0.484 e. The topological polar surface area (TPSA) is 58.6 Å². The highest BCUT2D eigenvalue weighted by Crippen LogP contribution is 2.22. The molecule has 0 saturated carbocycles. The summed E-state index contributed by atoms with van der Waals surface area (Å²) in [5.41, 5.74) is -0.323. The summed E-state index contributed by atoms with van der Waals surface area (Å²) < 4.78 is 5.47. The van der Waals surface area contributed by atoms with Gasteiger partial charge < -0.3 is 15.0 Å². The van der Waals surface area contributed by atoms with Crippen LogP contribution in [0.15, 0.2) is 24.3 Å². The predicted molar refractivity (Wildman–Crippen MR) is 92.8 cm³/mol. The SMILES string of the molecule is CC(C)(C)NC(=O)C1CSCN1C(=O)COc1cccc(Cl)c1. The molecule has 2 amide bonds. The van der Waals surface area contributed by atoms with E-state index in [0.717, 1.165) is 0 Å². The van der Waals surface area contributed by atoms with Gasteiger partial charge >= 0.3 is 0 Å². The van der Waals surface area contributed by atoms with Gasteiger partial charge in [0.25, 0.3) is 5.91 Å². The summed E-state index contributed by atoms with van der Waals surface area (Å²) in [7, 11) is 0. The highest BCUT2D eigenvalue weighted by molar-refractivity contribution is 7.99. The molecule has 1 aliphatic heterocycles. The average molecular weight is 357 g/mol. The molecule has 7 heteroatoms. The Morgan fingerprint density at radius 2 is 2.17 bits per heavy atom. The molecule has 1 unspecified atom stereocenters. The van der Waals surface area contributed by atoms with Gasteiger partial charge in [0.1, 0.15) is 11.8 Å². The normalized spacial score (nSPS) is 17.9. The number of carbonyl (C=O) groups is 2. The van der Waals surface area contributed by atoms with Gasteiger partial charge in [0.2, 0.25) is 5.91 Å². The monoisotopic (exact) mass is 356 g/mol. The fraction of sp³-hybridized carbons (Fsp3) is 0.500. The molecule has 0 spiro atoms. The number of nitrogens with one attached hydrogen (secondary N) is 1. The van der Waals surface area contributed by atoms with Crippen molar-refractivity contribution >= 4 is 35.2 Å². The highest BCUT2D eigenvalue weighted by atomic mass is 35.5. The second kappa shape index (κ2) is 7.45. The van der Waals surface area contributed by atoms with E-state index in [2.05, 4.69) is 5.32 Å². The first-order valence-electron chi connectivity index (χ1n) is 7.34. The van der Waals surface area contributed by atoms with E-state index in [-0.39, 0.29) is 24.0 Å². The second-order valence-electron chi connectivity index (χ2n) is 6.36. The third kappa shape index (κ3) is 5.32. The molecule has 1 N–H and O–H groups in total. The van der Waals surface area contributed by atoms with Gasteiger partial charge in [0, 0.05) is 16.3 Å². The molecule has 0 radical (unpaired) electrons. The van der Waals surface area contributed by atoms with Crippen LogP contribution in [-0.4, -0.2) is 46.5 Å². The van der Waals surface area contributed by atoms with Gasteiger partial charge in [-0.15, -0.1) is 11.8 Å². The molecule has 1 aliphatic rings. The number of hydrogen-bond acceptors (Lipinski definition) is 4. The van der Waals surface area contributed by atoms with Gasteiger partial charge in [0.15, 0.2) is 6.61 Å². The minimum Gasteiger partial charge on any atom is -0.484 e. The highest BCUT2D eigenvalue weighted by Gasteiger charge is 2.35. The van der Waals surface area contributed by atoms with Crippen molar-refractivity contribution in [3.05, 3.63) is 29.3 Å². The Hall–Kier alpha value is -1.40. The fourth-order valence-corrected chi connectivity index (χ4v) is 3.50.